The number of nitrogens with zero attached hydrogens (tertiary/aromatic N) is 3. The van der Waals surface area contributed by atoms with Crippen LogP contribution < -0.4 is 15.8 Å². The number of thiazole rings is 1. The number of nitrogen functional groups attached to an aromatic ring is 1. The molecule has 11 nitrogen and oxygen atoms in total. The van der Waals surface area contributed by atoms with Crippen molar-refractivity contribution in [2.24, 2.45) is 5.16 Å². The van der Waals surface area contributed by atoms with Crippen molar-refractivity contribution < 1.29 is 28.7 Å². The number of fused-ring (bicyclic) bond motifs is 1. The summed E-state index contributed by atoms with van der Waals surface area (Å²) in [6, 6.07) is 65.4. The zero-order valence-electron chi connectivity index (χ0n) is 39.5. The van der Waals surface area contributed by atoms with Crippen molar-refractivity contribution in [2.45, 2.75) is 29.0 Å². The van der Waals surface area contributed by atoms with Gasteiger partial charge in [0.25, 0.3) is 11.8 Å². The third kappa shape index (κ3) is 9.30. The summed E-state index contributed by atoms with van der Waals surface area (Å²) < 4.78 is 11.6. The number of nitrogens with one attached hydrogen (secondary N) is 1. The second-order valence-electron chi connectivity index (χ2n) is 17.3. The SMILES string of the molecule is COc1ccc(COC(=O)C2=C(CI)CS[C@@H]3[C@H](NC(=O)/C(=N\OC(c4ccccc4)(c4ccccc4)c4ccccc4)c4nc(C(c5ccccc5)(c5ccccc5)c5ccccc5)sc4N)C(=O)N23)cc1. The molecule has 0 spiro atoms. The molecule has 364 valence electrons. The summed E-state index contributed by atoms with van der Waals surface area (Å²) in [6.07, 6.45) is 0. The first-order chi connectivity index (χ1) is 35.8. The maximum atomic E-state index is 15.4. The lowest BCUT2D eigenvalue weighted by atomic mass is 9.70. The lowest BCUT2D eigenvalue weighted by Crippen LogP contribution is -2.71. The van der Waals surface area contributed by atoms with E-state index >= 15 is 4.79 Å². The van der Waals surface area contributed by atoms with Gasteiger partial charge < -0.3 is 25.4 Å². The topological polar surface area (TPSA) is 145 Å². The lowest BCUT2D eigenvalue weighted by molar-refractivity contribution is -0.153. The van der Waals surface area contributed by atoms with Crippen LogP contribution in [0.25, 0.3) is 0 Å². The molecule has 0 unspecified atom stereocenters. The van der Waals surface area contributed by atoms with Crippen molar-refractivity contribution in [2.75, 3.05) is 23.0 Å². The predicted octanol–water partition coefficient (Wildman–Crippen LogP) is 10.7. The second kappa shape index (κ2) is 21.7. The molecular formula is C59H48IN5O6S2. The van der Waals surface area contributed by atoms with E-state index in [4.69, 9.17) is 30.2 Å². The molecule has 0 radical (unpaired) electrons. The summed E-state index contributed by atoms with van der Waals surface area (Å²) >= 11 is 4.90. The minimum atomic E-state index is -1.39. The van der Waals surface area contributed by atoms with Crippen LogP contribution in [0.4, 0.5) is 5.00 Å². The van der Waals surface area contributed by atoms with E-state index in [1.807, 2.05) is 158 Å². The lowest BCUT2D eigenvalue weighted by Gasteiger charge is -2.49. The minimum Gasteiger partial charge on any atom is -0.497 e. The third-order valence-corrected chi connectivity index (χ3v) is 16.3. The Morgan fingerprint density at radius 2 is 1.18 bits per heavy atom. The molecule has 0 saturated carbocycles. The van der Waals surface area contributed by atoms with Gasteiger partial charge >= 0.3 is 5.97 Å². The normalized spacial score (nSPS) is 15.7. The summed E-state index contributed by atoms with van der Waals surface area (Å²) in [5, 5.41) is 8.05. The van der Waals surface area contributed by atoms with Gasteiger partial charge in [0.05, 0.1) is 12.5 Å². The van der Waals surface area contributed by atoms with Crippen molar-refractivity contribution >= 4 is 74.2 Å². The Morgan fingerprint density at radius 1 is 0.712 bits per heavy atom. The number of halogens is 1. The fourth-order valence-corrected chi connectivity index (χ4v) is 12.9. The number of esters is 1. The number of anilines is 1. The highest BCUT2D eigenvalue weighted by Crippen LogP contribution is 2.48. The number of thioether (sulfide) groups is 1. The molecule has 2 aliphatic heterocycles. The van der Waals surface area contributed by atoms with Crippen LogP contribution >= 0.6 is 45.7 Å². The standard InChI is InChI=1S/C59H48IN5O6S2/c1-69-47-34-32-39(33-35-47)37-70-56(68)51-40(36-60)38-72-55-50(54(67)65(51)55)62-53(66)49(64-71-59(44-26-14-5-15-27-44,45-28-16-6-17-29-45)46-30-18-7-19-31-46)48-52(61)73-57(63-48)58(41-20-8-2-9-21-41,42-22-10-3-11-23-42)43-24-12-4-13-25-43/h2-35,50,55H,36-38,61H2,1H3,(H,62,66)/b64-49-/t50-,55-/m1/s1. The average molecular weight is 1110 g/mol. The first-order valence-corrected chi connectivity index (χ1v) is 26.9. The van der Waals surface area contributed by atoms with Crippen molar-refractivity contribution in [3.05, 3.63) is 267 Å². The highest BCUT2D eigenvalue weighted by atomic mass is 127. The molecular weight excluding hydrogens is 1070 g/mol. The number of oxime groups is 1. The van der Waals surface area contributed by atoms with Crippen LogP contribution in [0.2, 0.25) is 0 Å². The number of ether oxygens (including phenoxy) is 2. The molecule has 3 heterocycles. The summed E-state index contributed by atoms with van der Waals surface area (Å²) in [6.45, 7) is -0.00568. The van der Waals surface area contributed by atoms with Crippen molar-refractivity contribution in [1.82, 2.24) is 15.2 Å². The fourth-order valence-electron chi connectivity index (χ4n) is 9.50. The number of carbonyl (C=O) groups excluding carboxylic acids is 3. The van der Waals surface area contributed by atoms with E-state index in [1.54, 1.807) is 19.2 Å². The molecule has 2 amide bonds. The molecule has 14 heteroatoms. The fraction of sp³-hybridized carbons (Fsp3) is 0.136. The molecule has 10 rings (SSSR count). The second-order valence-corrected chi connectivity index (χ2v) is 20.2. The van der Waals surface area contributed by atoms with E-state index in [-0.39, 0.29) is 28.7 Å². The number of benzene rings is 7. The third-order valence-electron chi connectivity index (χ3n) is 13.1. The Kier molecular flexibility index (Phi) is 14.6. The van der Waals surface area contributed by atoms with Gasteiger partial charge in [0.1, 0.15) is 45.2 Å². The van der Waals surface area contributed by atoms with Gasteiger partial charge in [-0.15, -0.1) is 11.8 Å². The number of alkyl halides is 1. The number of rotatable bonds is 17. The Balaban J connectivity index is 1.08. The largest absolute Gasteiger partial charge is 0.497 e. The number of nitrogens with two attached hydrogens (primary N) is 1. The number of aromatic nitrogens is 1. The molecule has 0 aliphatic carbocycles. The van der Waals surface area contributed by atoms with Gasteiger partial charge in [-0.3, -0.25) is 14.5 Å². The number of hydrogen-bond acceptors (Lipinski definition) is 11. The van der Waals surface area contributed by atoms with E-state index in [2.05, 4.69) is 64.3 Å². The first-order valence-electron chi connectivity index (χ1n) is 23.5. The van der Waals surface area contributed by atoms with Crippen molar-refractivity contribution in [1.29, 1.82) is 0 Å². The molecule has 1 saturated heterocycles. The number of hydrogen-bond donors (Lipinski definition) is 2. The molecule has 73 heavy (non-hydrogen) atoms. The van der Waals surface area contributed by atoms with Crippen LogP contribution in [0, 0.1) is 0 Å². The molecule has 1 fully saturated rings. The zero-order chi connectivity index (χ0) is 50.4. The molecule has 1 aromatic heterocycles. The van der Waals surface area contributed by atoms with E-state index < -0.39 is 40.2 Å². The molecule has 3 N–H and O–H groups in total. The highest BCUT2D eigenvalue weighted by Gasteiger charge is 2.55. The smallest absolute Gasteiger partial charge is 0.355 e. The zero-order valence-corrected chi connectivity index (χ0v) is 43.3. The van der Waals surface area contributed by atoms with E-state index in [9.17, 15) is 9.59 Å². The first kappa shape index (κ1) is 49.1. The predicted molar refractivity (Wildman–Crippen MR) is 295 cm³/mol. The highest BCUT2D eigenvalue weighted by molar-refractivity contribution is 14.1. The maximum Gasteiger partial charge on any atom is 0.355 e. The van der Waals surface area contributed by atoms with Gasteiger partial charge in [0.15, 0.2) is 5.71 Å². The van der Waals surface area contributed by atoms with Gasteiger partial charge in [0.2, 0.25) is 5.60 Å². The Labute approximate surface area is 445 Å². The quantitative estimate of drug-likeness (QED) is 0.0173. The van der Waals surface area contributed by atoms with Crippen molar-refractivity contribution in [3.63, 3.8) is 0 Å². The Morgan fingerprint density at radius 3 is 1.63 bits per heavy atom. The van der Waals surface area contributed by atoms with Crippen molar-refractivity contribution in [3.8, 4) is 5.75 Å². The van der Waals surface area contributed by atoms with Crippen LogP contribution in [-0.4, -0.2) is 62.1 Å². The van der Waals surface area contributed by atoms with Gasteiger partial charge in [-0.2, -0.15) is 0 Å². The Hall–Kier alpha value is -7.53. The van der Waals surface area contributed by atoms with Crippen LogP contribution in [-0.2, 0) is 41.6 Å². The number of amides is 2. The van der Waals surface area contributed by atoms with E-state index in [0.717, 1.165) is 44.5 Å². The average Bonchev–Trinajstić information content (AvgIpc) is 3.84. The molecule has 7 aromatic carbocycles. The van der Waals surface area contributed by atoms with Crippen LogP contribution in [0.3, 0.4) is 0 Å². The Bertz CT molecular complexity index is 3100. The summed E-state index contributed by atoms with van der Waals surface area (Å²) in [7, 11) is 1.58. The number of β-lactam (4-membered cyclic amide) rings is 1. The van der Waals surface area contributed by atoms with E-state index in [0.29, 0.717) is 20.9 Å². The maximum absolute atomic E-state index is 15.4. The molecule has 0 bridgehead atoms. The molecule has 2 atom stereocenters. The molecule has 8 aromatic rings. The summed E-state index contributed by atoms with van der Waals surface area (Å²) in [5.74, 6) is -0.724. The van der Waals surface area contributed by atoms with Crippen LogP contribution in [0.5, 0.6) is 5.75 Å². The summed E-state index contributed by atoms with van der Waals surface area (Å²) in [5.41, 5.74) is 11.3. The van der Waals surface area contributed by atoms with Gasteiger partial charge in [0, 0.05) is 26.9 Å². The summed E-state index contributed by atoms with van der Waals surface area (Å²) in [4.78, 5) is 57.7. The van der Waals surface area contributed by atoms with E-state index in [1.165, 1.54) is 28.0 Å². The molecule has 2 aliphatic rings. The van der Waals surface area contributed by atoms with Crippen LogP contribution in [0.15, 0.2) is 223 Å². The van der Waals surface area contributed by atoms with Crippen LogP contribution in [0.1, 0.15) is 49.6 Å². The monoisotopic (exact) mass is 1110 g/mol. The van der Waals surface area contributed by atoms with Gasteiger partial charge in [-0.25, -0.2) is 9.78 Å². The minimum absolute atomic E-state index is 0.00568. The van der Waals surface area contributed by atoms with Gasteiger partial charge in [-0.1, -0.05) is 233 Å². The van der Waals surface area contributed by atoms with Gasteiger partial charge in [-0.05, 0) is 40.0 Å². The number of carbonyl (C=O) groups is 3. The number of methoxy groups -OCH3 is 1.